The van der Waals surface area contributed by atoms with Crippen molar-refractivity contribution in [3.63, 3.8) is 0 Å². The topological polar surface area (TPSA) is 75.6 Å². The summed E-state index contributed by atoms with van der Waals surface area (Å²) < 4.78 is 32.8. The van der Waals surface area contributed by atoms with E-state index in [1.54, 1.807) is 12.1 Å². The van der Waals surface area contributed by atoms with E-state index in [1.165, 1.54) is 0 Å². The molecule has 120 valence electrons. The second kappa shape index (κ2) is 7.77. The summed E-state index contributed by atoms with van der Waals surface area (Å²) in [6.07, 6.45) is 0.381. The summed E-state index contributed by atoms with van der Waals surface area (Å²) in [4.78, 5) is 0.164. The van der Waals surface area contributed by atoms with Gasteiger partial charge in [-0.25, -0.2) is 13.1 Å². The van der Waals surface area contributed by atoms with Gasteiger partial charge in [0, 0.05) is 13.2 Å². The fourth-order valence-corrected chi connectivity index (χ4v) is 3.37. The van der Waals surface area contributed by atoms with Crippen molar-refractivity contribution in [2.24, 2.45) is 0 Å². The van der Waals surface area contributed by atoms with Crippen LogP contribution in [0.3, 0.4) is 0 Å². The summed E-state index contributed by atoms with van der Waals surface area (Å²) in [5, 5.41) is 8.77. The van der Waals surface area contributed by atoms with Gasteiger partial charge in [0.05, 0.1) is 6.61 Å². The van der Waals surface area contributed by atoms with E-state index in [1.807, 2.05) is 27.7 Å². The van der Waals surface area contributed by atoms with Crippen LogP contribution >= 0.6 is 0 Å². The van der Waals surface area contributed by atoms with Gasteiger partial charge in [-0.1, -0.05) is 13.8 Å². The Morgan fingerprint density at radius 3 is 2.52 bits per heavy atom. The maximum absolute atomic E-state index is 12.4. The van der Waals surface area contributed by atoms with Crippen LogP contribution < -0.4 is 9.46 Å². The first-order valence-corrected chi connectivity index (χ1v) is 8.69. The minimum absolute atomic E-state index is 0.0496. The maximum Gasteiger partial charge on any atom is 0.244 e. The molecular formula is C15H25NO4S. The van der Waals surface area contributed by atoms with Crippen molar-refractivity contribution in [1.29, 1.82) is 0 Å². The van der Waals surface area contributed by atoms with Gasteiger partial charge in [0.2, 0.25) is 10.0 Å². The van der Waals surface area contributed by atoms with Gasteiger partial charge in [-0.05, 0) is 49.4 Å². The third kappa shape index (κ3) is 4.69. The first-order chi connectivity index (χ1) is 9.83. The molecule has 0 bridgehead atoms. The molecule has 1 aromatic rings. The highest BCUT2D eigenvalue weighted by Crippen LogP contribution is 2.31. The van der Waals surface area contributed by atoms with E-state index in [9.17, 15) is 8.42 Å². The summed E-state index contributed by atoms with van der Waals surface area (Å²) in [6, 6.07) is 3.46. The molecule has 0 atom stereocenters. The van der Waals surface area contributed by atoms with Crippen molar-refractivity contribution in [3.8, 4) is 5.75 Å². The highest BCUT2D eigenvalue weighted by atomic mass is 32.2. The molecule has 0 aliphatic rings. The number of aliphatic hydroxyl groups excluding tert-OH is 1. The molecule has 0 saturated heterocycles. The number of benzene rings is 1. The SMILES string of the molecule is CCOc1cc(C)c(C(C)C)cc1S(=O)(=O)NCCCO. The molecule has 1 rings (SSSR count). The highest BCUT2D eigenvalue weighted by molar-refractivity contribution is 7.89. The highest BCUT2D eigenvalue weighted by Gasteiger charge is 2.22. The minimum Gasteiger partial charge on any atom is -0.492 e. The second-order valence-electron chi connectivity index (χ2n) is 5.22. The van der Waals surface area contributed by atoms with Gasteiger partial charge in [0.25, 0.3) is 0 Å². The molecule has 0 fully saturated rings. The quantitative estimate of drug-likeness (QED) is 0.721. The fourth-order valence-electron chi connectivity index (χ4n) is 2.14. The van der Waals surface area contributed by atoms with Gasteiger partial charge in [-0.15, -0.1) is 0 Å². The lowest BCUT2D eigenvalue weighted by Crippen LogP contribution is -2.26. The van der Waals surface area contributed by atoms with Crippen LogP contribution in [-0.4, -0.2) is 33.3 Å². The molecule has 6 heteroatoms. The van der Waals surface area contributed by atoms with Crippen LogP contribution in [0.4, 0.5) is 0 Å². The summed E-state index contributed by atoms with van der Waals surface area (Å²) in [5.41, 5.74) is 2.00. The molecule has 1 aromatic carbocycles. The van der Waals surface area contributed by atoms with Gasteiger partial charge < -0.3 is 9.84 Å². The van der Waals surface area contributed by atoms with Gasteiger partial charge >= 0.3 is 0 Å². The Morgan fingerprint density at radius 2 is 2.00 bits per heavy atom. The van der Waals surface area contributed by atoms with E-state index in [0.717, 1.165) is 11.1 Å². The van der Waals surface area contributed by atoms with E-state index in [0.29, 0.717) is 18.8 Å². The number of hydrogen-bond donors (Lipinski definition) is 2. The Morgan fingerprint density at radius 1 is 1.33 bits per heavy atom. The molecule has 5 nitrogen and oxygen atoms in total. The molecule has 0 saturated carbocycles. The van der Waals surface area contributed by atoms with E-state index >= 15 is 0 Å². The first-order valence-electron chi connectivity index (χ1n) is 7.21. The average Bonchev–Trinajstić information content (AvgIpc) is 2.38. The zero-order valence-corrected chi connectivity index (χ0v) is 14.0. The van der Waals surface area contributed by atoms with Crippen molar-refractivity contribution in [1.82, 2.24) is 4.72 Å². The molecule has 0 aliphatic heterocycles. The predicted molar refractivity (Wildman–Crippen MR) is 83.3 cm³/mol. The lowest BCUT2D eigenvalue weighted by atomic mass is 9.98. The molecule has 0 aliphatic carbocycles. The van der Waals surface area contributed by atoms with E-state index < -0.39 is 10.0 Å². The zero-order valence-electron chi connectivity index (χ0n) is 13.1. The Hall–Kier alpha value is -1.11. The molecule has 0 amide bonds. The smallest absolute Gasteiger partial charge is 0.244 e. The number of hydrogen-bond acceptors (Lipinski definition) is 4. The molecular weight excluding hydrogens is 290 g/mol. The number of aryl methyl sites for hydroxylation is 1. The first kappa shape index (κ1) is 17.9. The Balaban J connectivity index is 3.27. The Bertz CT molecular complexity index is 567. The monoisotopic (exact) mass is 315 g/mol. The van der Waals surface area contributed by atoms with Crippen molar-refractivity contribution in [3.05, 3.63) is 23.3 Å². The van der Waals surface area contributed by atoms with Crippen molar-refractivity contribution in [2.45, 2.75) is 44.9 Å². The molecule has 0 radical (unpaired) electrons. The Kier molecular flexibility index (Phi) is 6.64. The number of aliphatic hydroxyl groups is 1. The van der Waals surface area contributed by atoms with Crippen LogP contribution in [-0.2, 0) is 10.0 Å². The standard InChI is InChI=1S/C15H25NO4S/c1-5-20-14-9-12(4)13(11(2)3)10-15(14)21(18,19)16-7-6-8-17/h9-11,16-17H,5-8H2,1-4H3. The second-order valence-corrected chi connectivity index (χ2v) is 6.95. The third-order valence-electron chi connectivity index (χ3n) is 3.17. The van der Waals surface area contributed by atoms with Crippen molar-refractivity contribution < 1.29 is 18.3 Å². The molecule has 0 aromatic heterocycles. The van der Waals surface area contributed by atoms with Crippen LogP contribution in [0, 0.1) is 6.92 Å². The number of sulfonamides is 1. The fraction of sp³-hybridized carbons (Fsp3) is 0.600. The number of ether oxygens (including phenoxy) is 1. The molecule has 0 spiro atoms. The van der Waals surface area contributed by atoms with Crippen LogP contribution in [0.15, 0.2) is 17.0 Å². The molecule has 21 heavy (non-hydrogen) atoms. The maximum atomic E-state index is 12.4. The van der Waals surface area contributed by atoms with Crippen LogP contribution in [0.5, 0.6) is 5.75 Å². The van der Waals surface area contributed by atoms with Crippen molar-refractivity contribution in [2.75, 3.05) is 19.8 Å². The van der Waals surface area contributed by atoms with Gasteiger partial charge in [-0.3, -0.25) is 0 Å². The van der Waals surface area contributed by atoms with Crippen LogP contribution in [0.25, 0.3) is 0 Å². The third-order valence-corrected chi connectivity index (χ3v) is 4.65. The summed E-state index contributed by atoms with van der Waals surface area (Å²) in [5.74, 6) is 0.600. The van der Waals surface area contributed by atoms with Gasteiger partial charge in [-0.2, -0.15) is 0 Å². The lowest BCUT2D eigenvalue weighted by Gasteiger charge is -2.17. The summed E-state index contributed by atoms with van der Waals surface area (Å²) >= 11 is 0. The molecule has 0 unspecified atom stereocenters. The van der Waals surface area contributed by atoms with Gasteiger partial charge in [0.15, 0.2) is 0 Å². The van der Waals surface area contributed by atoms with E-state index in [4.69, 9.17) is 9.84 Å². The molecule has 0 heterocycles. The normalized spacial score (nSPS) is 11.9. The van der Waals surface area contributed by atoms with E-state index in [2.05, 4.69) is 4.72 Å². The van der Waals surface area contributed by atoms with Crippen LogP contribution in [0.1, 0.15) is 44.2 Å². The lowest BCUT2D eigenvalue weighted by molar-refractivity contribution is 0.289. The average molecular weight is 315 g/mol. The van der Waals surface area contributed by atoms with Gasteiger partial charge in [0.1, 0.15) is 10.6 Å². The Labute approximate surface area is 127 Å². The number of rotatable bonds is 8. The zero-order chi connectivity index (χ0) is 16.0. The molecule has 2 N–H and O–H groups in total. The minimum atomic E-state index is -3.64. The summed E-state index contributed by atoms with van der Waals surface area (Å²) in [6.45, 7) is 8.38. The number of nitrogens with one attached hydrogen (secondary N) is 1. The van der Waals surface area contributed by atoms with Crippen molar-refractivity contribution >= 4 is 10.0 Å². The summed E-state index contributed by atoms with van der Waals surface area (Å²) in [7, 11) is -3.64. The van der Waals surface area contributed by atoms with Crippen LogP contribution in [0.2, 0.25) is 0 Å². The van der Waals surface area contributed by atoms with E-state index in [-0.39, 0.29) is 24.0 Å². The predicted octanol–water partition coefficient (Wildman–Crippen LogP) is 2.18. The largest absolute Gasteiger partial charge is 0.492 e.